The molecule has 6 heteroatoms. The van der Waals surface area contributed by atoms with E-state index in [2.05, 4.69) is 36.3 Å². The van der Waals surface area contributed by atoms with Gasteiger partial charge in [-0.25, -0.2) is 0 Å². The van der Waals surface area contributed by atoms with E-state index in [-0.39, 0.29) is 5.91 Å². The highest BCUT2D eigenvalue weighted by atomic mass is 16.5. The van der Waals surface area contributed by atoms with Crippen molar-refractivity contribution in [3.05, 3.63) is 41.6 Å². The monoisotopic (exact) mass is 509 g/mol. The maximum absolute atomic E-state index is 13.4. The zero-order chi connectivity index (χ0) is 26.3. The number of rotatable bonds is 15. The van der Waals surface area contributed by atoms with Crippen LogP contribution < -0.4 is 14.8 Å². The van der Waals surface area contributed by atoms with Gasteiger partial charge in [0.15, 0.2) is 5.82 Å². The van der Waals surface area contributed by atoms with Crippen LogP contribution in [0.2, 0.25) is 0 Å². The number of anilines is 1. The quantitative estimate of drug-likeness (QED) is 0.193. The first-order valence-electron chi connectivity index (χ1n) is 14.7. The molecule has 1 aromatic carbocycles. The molecule has 0 spiro atoms. The minimum atomic E-state index is -0.291. The molecule has 3 rings (SSSR count). The van der Waals surface area contributed by atoms with Crippen LogP contribution >= 0.6 is 0 Å². The molecule has 1 amide bonds. The van der Waals surface area contributed by atoms with Crippen molar-refractivity contribution in [1.82, 2.24) is 10.2 Å². The summed E-state index contributed by atoms with van der Waals surface area (Å²) in [7, 11) is 0. The molecule has 1 fully saturated rings. The van der Waals surface area contributed by atoms with Gasteiger partial charge in [-0.05, 0) is 62.3 Å². The van der Waals surface area contributed by atoms with Gasteiger partial charge < -0.3 is 14.8 Å². The highest BCUT2D eigenvalue weighted by Crippen LogP contribution is 2.32. The van der Waals surface area contributed by atoms with Gasteiger partial charge in [0.25, 0.3) is 5.91 Å². The van der Waals surface area contributed by atoms with E-state index < -0.39 is 0 Å². The number of carbonyl (C=O) groups excluding carboxylic acids is 1. The summed E-state index contributed by atoms with van der Waals surface area (Å²) in [5.41, 5.74) is 1.43. The molecule has 0 saturated heterocycles. The van der Waals surface area contributed by atoms with Crippen molar-refractivity contribution >= 4 is 11.7 Å². The molecule has 0 radical (unpaired) electrons. The van der Waals surface area contributed by atoms with Crippen LogP contribution in [0, 0.1) is 5.92 Å². The summed E-state index contributed by atoms with van der Waals surface area (Å²) in [6, 6.07) is 9.41. The van der Waals surface area contributed by atoms with E-state index >= 15 is 0 Å². The molecule has 1 saturated carbocycles. The zero-order valence-corrected chi connectivity index (χ0v) is 23.3. The van der Waals surface area contributed by atoms with Crippen molar-refractivity contribution in [3.63, 3.8) is 0 Å². The number of nitrogens with zero attached hydrogens (tertiary/aromatic N) is 2. The second-order valence-corrected chi connectivity index (χ2v) is 10.4. The highest BCUT2D eigenvalue weighted by molar-refractivity contribution is 6.07. The van der Waals surface area contributed by atoms with Gasteiger partial charge in [-0.15, -0.1) is 5.10 Å². The van der Waals surface area contributed by atoms with Crippen LogP contribution in [0.3, 0.4) is 0 Å². The van der Waals surface area contributed by atoms with E-state index in [0.29, 0.717) is 42.0 Å². The van der Waals surface area contributed by atoms with E-state index in [0.717, 1.165) is 50.1 Å². The first-order valence-corrected chi connectivity index (χ1v) is 14.7. The summed E-state index contributed by atoms with van der Waals surface area (Å²) in [5, 5.41) is 11.8. The molecular formula is C31H47N3O3. The van der Waals surface area contributed by atoms with Gasteiger partial charge in [0.05, 0.1) is 18.9 Å². The Kier molecular flexibility index (Phi) is 12.7. The lowest BCUT2D eigenvalue weighted by atomic mass is 9.88. The van der Waals surface area contributed by atoms with Gasteiger partial charge in [-0.3, -0.25) is 4.79 Å². The van der Waals surface area contributed by atoms with Crippen molar-refractivity contribution in [1.29, 1.82) is 0 Å². The number of amides is 1. The number of unbranched alkanes of at least 4 members (excludes halogenated alkanes) is 2. The predicted octanol–water partition coefficient (Wildman–Crippen LogP) is 8.33. The largest absolute Gasteiger partial charge is 0.493 e. The third-order valence-corrected chi connectivity index (χ3v) is 7.46. The Bertz CT molecular complexity index is 896. The van der Waals surface area contributed by atoms with Crippen LogP contribution in [-0.2, 0) is 0 Å². The summed E-state index contributed by atoms with van der Waals surface area (Å²) < 4.78 is 11.9. The van der Waals surface area contributed by atoms with Crippen LogP contribution in [0.5, 0.6) is 11.5 Å². The van der Waals surface area contributed by atoms with Crippen molar-refractivity contribution in [2.24, 2.45) is 5.92 Å². The van der Waals surface area contributed by atoms with Crippen molar-refractivity contribution in [3.8, 4) is 11.5 Å². The predicted molar refractivity (Wildman–Crippen MR) is 151 cm³/mol. The average molecular weight is 510 g/mol. The van der Waals surface area contributed by atoms with Crippen molar-refractivity contribution in [2.45, 2.75) is 110 Å². The Morgan fingerprint density at radius 3 is 2.11 bits per heavy atom. The number of hydrogen-bond donors (Lipinski definition) is 1. The topological polar surface area (TPSA) is 73.3 Å². The lowest BCUT2D eigenvalue weighted by molar-refractivity contribution is 0.101. The smallest absolute Gasteiger partial charge is 0.264 e. The fourth-order valence-corrected chi connectivity index (χ4v) is 5.08. The minimum absolute atomic E-state index is 0.291. The van der Waals surface area contributed by atoms with E-state index in [1.807, 2.05) is 30.3 Å². The number of aromatic nitrogens is 2. The third kappa shape index (κ3) is 9.32. The minimum Gasteiger partial charge on any atom is -0.493 e. The van der Waals surface area contributed by atoms with E-state index in [1.165, 1.54) is 44.9 Å². The van der Waals surface area contributed by atoms with Gasteiger partial charge in [0.2, 0.25) is 0 Å². The molecule has 1 heterocycles. The molecule has 2 aromatic rings. The molecule has 1 N–H and O–H groups in total. The van der Waals surface area contributed by atoms with E-state index in [9.17, 15) is 4.79 Å². The maximum Gasteiger partial charge on any atom is 0.264 e. The van der Waals surface area contributed by atoms with Crippen LogP contribution in [0.4, 0.5) is 5.82 Å². The lowest BCUT2D eigenvalue weighted by Gasteiger charge is -2.19. The summed E-state index contributed by atoms with van der Waals surface area (Å²) in [4.78, 5) is 13.4. The van der Waals surface area contributed by atoms with Gasteiger partial charge in [-0.2, -0.15) is 5.10 Å². The van der Waals surface area contributed by atoms with E-state index in [1.54, 1.807) is 0 Å². The summed E-state index contributed by atoms with van der Waals surface area (Å²) in [6.07, 6.45) is 15.7. The number of nitrogens with one attached hydrogen (secondary N) is 1. The number of ether oxygens (including phenoxy) is 2. The van der Waals surface area contributed by atoms with Crippen molar-refractivity contribution < 1.29 is 14.3 Å². The SMILES string of the molecule is CCCCOc1cccc(OCCCC)c1C(=O)Nc1ccc(C(CC)CCC2CCCCCC2)nn1. The first kappa shape index (κ1) is 28.9. The maximum atomic E-state index is 13.4. The van der Waals surface area contributed by atoms with Crippen LogP contribution in [-0.4, -0.2) is 29.3 Å². The molecule has 37 heavy (non-hydrogen) atoms. The Morgan fingerprint density at radius 1 is 0.919 bits per heavy atom. The molecule has 0 aliphatic heterocycles. The molecular weight excluding hydrogens is 462 g/mol. The van der Waals surface area contributed by atoms with Crippen LogP contribution in [0.15, 0.2) is 30.3 Å². The van der Waals surface area contributed by atoms with Gasteiger partial charge in [0, 0.05) is 5.92 Å². The fourth-order valence-electron chi connectivity index (χ4n) is 5.08. The number of benzene rings is 1. The van der Waals surface area contributed by atoms with Crippen molar-refractivity contribution in [2.75, 3.05) is 18.5 Å². The number of hydrogen-bond acceptors (Lipinski definition) is 5. The second kappa shape index (κ2) is 16.3. The molecule has 0 bridgehead atoms. The van der Waals surface area contributed by atoms with Crippen LogP contribution in [0.25, 0.3) is 0 Å². The second-order valence-electron chi connectivity index (χ2n) is 10.4. The third-order valence-electron chi connectivity index (χ3n) is 7.46. The number of carbonyl (C=O) groups is 1. The lowest BCUT2D eigenvalue weighted by Crippen LogP contribution is -2.17. The standard InChI is InChI=1S/C31H47N3O3/c1-4-7-22-36-27-16-13-17-28(37-23-8-5-2)30(27)31(35)32-29-21-20-26(33-34-29)25(6-3)19-18-24-14-11-9-10-12-15-24/h13,16-17,20-21,24-25H,4-12,14-15,18-19,22-23H2,1-3H3,(H,32,34,35). The fraction of sp³-hybridized carbons (Fsp3) is 0.645. The van der Waals surface area contributed by atoms with Gasteiger partial charge in [0.1, 0.15) is 17.1 Å². The average Bonchev–Trinajstić information content (AvgIpc) is 3.19. The normalized spacial score (nSPS) is 15.1. The molecule has 6 nitrogen and oxygen atoms in total. The summed E-state index contributed by atoms with van der Waals surface area (Å²) >= 11 is 0. The van der Waals surface area contributed by atoms with E-state index in [4.69, 9.17) is 9.47 Å². The van der Waals surface area contributed by atoms with Gasteiger partial charge >= 0.3 is 0 Å². The van der Waals surface area contributed by atoms with Gasteiger partial charge in [-0.1, -0.05) is 78.2 Å². The summed E-state index contributed by atoms with van der Waals surface area (Å²) in [5.74, 6) is 2.49. The van der Waals surface area contributed by atoms with Crippen LogP contribution in [0.1, 0.15) is 126 Å². The zero-order valence-electron chi connectivity index (χ0n) is 23.3. The Morgan fingerprint density at radius 2 is 1.57 bits per heavy atom. The molecule has 1 aliphatic rings. The highest BCUT2D eigenvalue weighted by Gasteiger charge is 2.21. The Hall–Kier alpha value is -2.63. The molecule has 1 aromatic heterocycles. The summed E-state index contributed by atoms with van der Waals surface area (Å²) in [6.45, 7) is 7.57. The Labute approximate surface area is 223 Å². The molecule has 1 atom stereocenters. The molecule has 1 unspecified atom stereocenters. The molecule has 204 valence electrons. The Balaban J connectivity index is 1.67. The first-order chi connectivity index (χ1) is 18.2. The molecule has 1 aliphatic carbocycles.